The molecule has 0 unspecified atom stereocenters. The molecule has 5 aromatic rings. The second-order valence-electron chi connectivity index (χ2n) is 10.7. The number of ether oxygens (including phenoxy) is 1. The molecule has 3 aromatic heterocycles. The van der Waals surface area contributed by atoms with Gasteiger partial charge in [-0.05, 0) is 60.2 Å². The largest absolute Gasteiger partial charge is 0.474 e. The first-order valence-corrected chi connectivity index (χ1v) is 14.5. The van der Waals surface area contributed by atoms with Crippen molar-refractivity contribution >= 4 is 17.2 Å². The summed E-state index contributed by atoms with van der Waals surface area (Å²) in [6, 6.07) is 27.8. The number of fused-ring (bicyclic) bond motifs is 1. The van der Waals surface area contributed by atoms with Gasteiger partial charge in [0.1, 0.15) is 23.7 Å². The minimum Gasteiger partial charge on any atom is -0.474 e. The van der Waals surface area contributed by atoms with E-state index in [1.165, 1.54) is 5.56 Å². The van der Waals surface area contributed by atoms with Gasteiger partial charge in [0.25, 0.3) is 0 Å². The molecule has 1 fully saturated rings. The molecule has 5 heterocycles. The van der Waals surface area contributed by atoms with Gasteiger partial charge in [0, 0.05) is 49.3 Å². The SMILES string of the molecule is N#Cc1ccc(OC2CCN(Cc3ccc(-n4c(-c5cccnc5N)nc5c4=NC(c4ccccc4)=C=C=5)cc3)CC2)nc1. The predicted octanol–water partition coefficient (Wildman–Crippen LogP) is 4.04. The number of hydrogen-bond acceptors (Lipinski definition) is 8. The van der Waals surface area contributed by atoms with Crippen LogP contribution >= 0.6 is 0 Å². The van der Waals surface area contributed by atoms with Crippen LogP contribution in [0.1, 0.15) is 29.5 Å². The number of rotatable bonds is 7. The summed E-state index contributed by atoms with van der Waals surface area (Å²) in [4.78, 5) is 20.8. The summed E-state index contributed by atoms with van der Waals surface area (Å²) in [5.74, 6) is 1.62. The van der Waals surface area contributed by atoms with Gasteiger partial charge in [-0.2, -0.15) is 5.26 Å². The van der Waals surface area contributed by atoms with E-state index in [1.807, 2.05) is 47.0 Å². The molecule has 2 aromatic carbocycles. The highest BCUT2D eigenvalue weighted by Gasteiger charge is 2.22. The zero-order valence-corrected chi connectivity index (χ0v) is 23.9. The van der Waals surface area contributed by atoms with Gasteiger partial charge < -0.3 is 10.5 Å². The number of imidazole rings is 1. The monoisotopic (exact) mass is 576 g/mol. The Bertz CT molecular complexity index is 2060. The highest BCUT2D eigenvalue weighted by atomic mass is 16.5. The topological polar surface area (TPSA) is 118 Å². The molecule has 1 saturated heterocycles. The molecule has 2 aliphatic heterocycles. The van der Waals surface area contributed by atoms with E-state index in [2.05, 4.69) is 56.7 Å². The minimum absolute atomic E-state index is 0.115. The first-order chi connectivity index (χ1) is 21.6. The summed E-state index contributed by atoms with van der Waals surface area (Å²) in [6.45, 7) is 2.70. The van der Waals surface area contributed by atoms with Crippen molar-refractivity contribution in [1.82, 2.24) is 24.4 Å². The van der Waals surface area contributed by atoms with Crippen LogP contribution in [0, 0.1) is 11.3 Å². The molecule has 214 valence electrons. The average Bonchev–Trinajstić information content (AvgIpc) is 3.45. The Balaban J connectivity index is 1.12. The number of nitrogens with zero attached hydrogens (tertiary/aromatic N) is 7. The predicted molar refractivity (Wildman–Crippen MR) is 167 cm³/mol. The Morgan fingerprint density at radius 1 is 0.932 bits per heavy atom. The Labute approximate surface area is 254 Å². The zero-order valence-electron chi connectivity index (χ0n) is 23.9. The fourth-order valence-corrected chi connectivity index (χ4v) is 5.50. The molecule has 0 radical (unpaired) electrons. The number of aromatic nitrogens is 4. The number of piperidine rings is 1. The third kappa shape index (κ3) is 5.52. The average molecular weight is 577 g/mol. The van der Waals surface area contributed by atoms with Crippen molar-refractivity contribution in [1.29, 1.82) is 5.26 Å². The maximum absolute atomic E-state index is 8.97. The number of nitriles is 1. The van der Waals surface area contributed by atoms with Crippen LogP contribution in [-0.4, -0.2) is 43.6 Å². The number of anilines is 1. The second kappa shape index (κ2) is 11.8. The molecule has 2 aliphatic rings. The lowest BCUT2D eigenvalue weighted by Crippen LogP contribution is -2.37. The standard InChI is InChI=1S/C35H28N8O/c36-21-25-10-15-32(39-22-25)44-28-16-19-42(20-17-28)23-24-8-11-27(12-9-24)43-34(29-7-4-18-38-33(29)37)41-31-14-13-30(40-35(31)43)26-5-2-1-3-6-26/h1-12,15,18,22,28H,16-17,19-20,23H2,(H2,37,38). The summed E-state index contributed by atoms with van der Waals surface area (Å²) in [5.41, 5.74) is 18.4. The number of pyridine rings is 2. The van der Waals surface area contributed by atoms with Crippen LogP contribution in [0.3, 0.4) is 0 Å². The smallest absolute Gasteiger partial charge is 0.213 e. The number of nitrogens with two attached hydrogens (primary N) is 1. The molecule has 9 heteroatoms. The normalized spacial score (nSPS) is 14.6. The summed E-state index contributed by atoms with van der Waals surface area (Å²) in [5, 5.41) is 9.58. The first-order valence-electron chi connectivity index (χ1n) is 14.5. The third-order valence-corrected chi connectivity index (χ3v) is 7.78. The summed E-state index contributed by atoms with van der Waals surface area (Å²) >= 11 is 0. The van der Waals surface area contributed by atoms with Crippen molar-refractivity contribution in [2.24, 2.45) is 4.99 Å². The van der Waals surface area contributed by atoms with E-state index in [4.69, 9.17) is 25.7 Å². The number of likely N-dealkylation sites (tertiary alicyclic amines) is 1. The van der Waals surface area contributed by atoms with Gasteiger partial charge in [-0.3, -0.25) is 9.47 Å². The van der Waals surface area contributed by atoms with Crippen molar-refractivity contribution in [2.45, 2.75) is 25.5 Å². The number of hydrogen-bond donors (Lipinski definition) is 1. The van der Waals surface area contributed by atoms with E-state index >= 15 is 0 Å². The molecule has 7 rings (SSSR count). The van der Waals surface area contributed by atoms with Crippen molar-refractivity contribution in [2.75, 3.05) is 18.8 Å². The lowest BCUT2D eigenvalue weighted by molar-refractivity contribution is 0.0932. The van der Waals surface area contributed by atoms with Gasteiger partial charge in [-0.15, -0.1) is 0 Å². The first kappa shape index (κ1) is 27.1. The summed E-state index contributed by atoms with van der Waals surface area (Å²) in [7, 11) is 0. The van der Waals surface area contributed by atoms with Gasteiger partial charge in [-0.25, -0.2) is 19.9 Å². The number of benzene rings is 2. The van der Waals surface area contributed by atoms with E-state index in [9.17, 15) is 0 Å². The third-order valence-electron chi connectivity index (χ3n) is 7.78. The van der Waals surface area contributed by atoms with Crippen molar-refractivity contribution in [3.05, 3.63) is 125 Å². The molecule has 9 nitrogen and oxygen atoms in total. The lowest BCUT2D eigenvalue weighted by Gasteiger charge is -2.31. The maximum atomic E-state index is 8.97. The van der Waals surface area contributed by atoms with E-state index in [0.29, 0.717) is 39.6 Å². The summed E-state index contributed by atoms with van der Waals surface area (Å²) in [6.07, 6.45) is 5.17. The van der Waals surface area contributed by atoms with Gasteiger partial charge in [0.15, 0.2) is 16.7 Å². The fraction of sp³-hybridized carbons (Fsp3) is 0.171. The highest BCUT2D eigenvalue weighted by molar-refractivity contribution is 5.71. The molecule has 0 saturated carbocycles. The maximum Gasteiger partial charge on any atom is 0.213 e. The Morgan fingerprint density at radius 3 is 2.48 bits per heavy atom. The van der Waals surface area contributed by atoms with E-state index in [1.54, 1.807) is 24.5 Å². The van der Waals surface area contributed by atoms with E-state index in [0.717, 1.165) is 49.3 Å². The van der Waals surface area contributed by atoms with Crippen molar-refractivity contribution < 1.29 is 4.74 Å². The summed E-state index contributed by atoms with van der Waals surface area (Å²) < 4.78 is 8.08. The van der Waals surface area contributed by atoms with E-state index < -0.39 is 0 Å². The van der Waals surface area contributed by atoms with Gasteiger partial charge >= 0.3 is 0 Å². The Kier molecular flexibility index (Phi) is 7.29. The van der Waals surface area contributed by atoms with Crippen LogP contribution in [0.2, 0.25) is 0 Å². The van der Waals surface area contributed by atoms with Gasteiger partial charge in [0.2, 0.25) is 5.88 Å². The molecule has 0 aliphatic carbocycles. The highest BCUT2D eigenvalue weighted by Crippen LogP contribution is 2.25. The van der Waals surface area contributed by atoms with Crippen molar-refractivity contribution in [3.63, 3.8) is 0 Å². The lowest BCUT2D eigenvalue weighted by atomic mass is 10.1. The van der Waals surface area contributed by atoms with Crippen LogP contribution in [0.4, 0.5) is 5.82 Å². The Morgan fingerprint density at radius 2 is 1.75 bits per heavy atom. The quantitative estimate of drug-likeness (QED) is 0.291. The van der Waals surface area contributed by atoms with Crippen LogP contribution in [0.5, 0.6) is 5.88 Å². The molecule has 0 atom stereocenters. The molecular formula is C35H28N8O. The molecule has 0 amide bonds. The Hall–Kier alpha value is -5.77. The number of nitrogen functional groups attached to an aromatic ring is 1. The minimum atomic E-state index is 0.115. The molecule has 44 heavy (non-hydrogen) atoms. The zero-order chi connectivity index (χ0) is 29.9. The van der Waals surface area contributed by atoms with Crippen LogP contribution in [-0.2, 0) is 6.54 Å². The van der Waals surface area contributed by atoms with Gasteiger partial charge in [-0.1, -0.05) is 42.5 Å². The molecule has 2 N–H and O–H groups in total. The van der Waals surface area contributed by atoms with E-state index in [-0.39, 0.29) is 6.10 Å². The van der Waals surface area contributed by atoms with Crippen LogP contribution < -0.4 is 21.3 Å². The fourth-order valence-electron chi connectivity index (χ4n) is 5.50. The van der Waals surface area contributed by atoms with Crippen molar-refractivity contribution in [3.8, 4) is 29.0 Å². The van der Waals surface area contributed by atoms with Crippen LogP contribution in [0.25, 0.3) is 28.5 Å². The second-order valence-corrected chi connectivity index (χ2v) is 10.7. The van der Waals surface area contributed by atoms with Crippen LogP contribution in [0.15, 0.2) is 102 Å². The molecular weight excluding hydrogens is 548 g/mol. The molecule has 0 bridgehead atoms. The van der Waals surface area contributed by atoms with Gasteiger partial charge in [0.05, 0.1) is 11.1 Å². The molecule has 0 spiro atoms.